The molecule has 0 unspecified atom stereocenters. The third-order valence-electron chi connectivity index (χ3n) is 8.48. The second kappa shape index (κ2) is 10.8. The van der Waals surface area contributed by atoms with Crippen molar-refractivity contribution in [1.82, 2.24) is 4.90 Å². The number of nitrogens with zero attached hydrogens (tertiary/aromatic N) is 1. The molecule has 1 fully saturated rings. The average molecular weight is 618 g/mol. The fourth-order valence-corrected chi connectivity index (χ4v) is 6.88. The molecule has 2 bridgehead atoms. The number of rotatable bonds is 7. The smallest absolute Gasteiger partial charge is 0.478 e. The van der Waals surface area contributed by atoms with E-state index in [9.17, 15) is 34.2 Å². The number of esters is 3. The summed E-state index contributed by atoms with van der Waals surface area (Å²) < 4.78 is 32.7. The van der Waals surface area contributed by atoms with Crippen LogP contribution in [-0.2, 0) is 50.0 Å². The minimum Gasteiger partial charge on any atom is -0.478 e. The second-order valence-corrected chi connectivity index (χ2v) is 12.5. The summed E-state index contributed by atoms with van der Waals surface area (Å²) in [5.41, 5.74) is -1.89. The molecular formula is C30H35NO13. The standard InChI is InChI=1S/C30H35NO13/c1-14(32)39-22(25(34)35)23(40-15(2)33)26(36)41-18-9-10-30(38)19-13-16-7-8-17(42-27(37)44-28(3,4)5)21-20(16)29(30,24(18)43-21)11-12-31(19)6/h7-9,19,22-24,38H,10-13H2,1-6H3,(H,34,35)/t19-,22-,23-,24-,29-,30+/m0/s1. The van der Waals surface area contributed by atoms with Crippen molar-refractivity contribution in [2.75, 3.05) is 13.6 Å². The number of likely N-dealkylation sites (N-methyl/N-ethyl adjacent to an activating group) is 1. The molecule has 44 heavy (non-hydrogen) atoms. The fraction of sp³-hybridized carbons (Fsp3) is 0.567. The SMILES string of the molecule is CC(=O)O[C@H](C(=O)O)[C@H](OC(C)=O)C(=O)OC1=CC[C@@]2(O)[C@@H]3Cc4ccc(OC(=O)OC(C)(C)C)c5c4[C@@]2(CCN3C)[C@H]1O5. The van der Waals surface area contributed by atoms with Crippen LogP contribution in [0.25, 0.3) is 0 Å². The molecule has 0 saturated carbocycles. The van der Waals surface area contributed by atoms with Crippen LogP contribution in [0.2, 0.25) is 0 Å². The molecule has 4 aliphatic rings. The van der Waals surface area contributed by atoms with Crippen molar-refractivity contribution >= 4 is 30.0 Å². The Kier molecular flexibility index (Phi) is 7.65. The van der Waals surface area contributed by atoms with Crippen LogP contribution < -0.4 is 9.47 Å². The average Bonchev–Trinajstić information content (AvgIpc) is 3.25. The van der Waals surface area contributed by atoms with Gasteiger partial charge in [-0.15, -0.1) is 0 Å². The maximum absolute atomic E-state index is 13.4. The Morgan fingerprint density at radius 3 is 2.32 bits per heavy atom. The number of ether oxygens (including phenoxy) is 6. The first-order valence-corrected chi connectivity index (χ1v) is 14.1. The van der Waals surface area contributed by atoms with Gasteiger partial charge < -0.3 is 43.5 Å². The first-order valence-electron chi connectivity index (χ1n) is 14.1. The Morgan fingerprint density at radius 1 is 1.05 bits per heavy atom. The van der Waals surface area contributed by atoms with E-state index in [0.29, 0.717) is 24.9 Å². The van der Waals surface area contributed by atoms with Crippen LogP contribution in [-0.4, -0.2) is 94.3 Å². The number of hydrogen-bond donors (Lipinski definition) is 2. The maximum Gasteiger partial charge on any atom is 0.514 e. The Labute approximate surface area is 252 Å². The summed E-state index contributed by atoms with van der Waals surface area (Å²) in [6.07, 6.45) is -4.06. The van der Waals surface area contributed by atoms with Gasteiger partial charge in [0.2, 0.25) is 12.2 Å². The van der Waals surface area contributed by atoms with Gasteiger partial charge in [-0.1, -0.05) is 6.07 Å². The van der Waals surface area contributed by atoms with Crippen LogP contribution >= 0.6 is 0 Å². The van der Waals surface area contributed by atoms with E-state index in [1.807, 2.05) is 7.05 Å². The molecule has 0 amide bonds. The van der Waals surface area contributed by atoms with Gasteiger partial charge in [-0.05, 0) is 64.9 Å². The predicted molar refractivity (Wildman–Crippen MR) is 147 cm³/mol. The van der Waals surface area contributed by atoms with Gasteiger partial charge in [-0.25, -0.2) is 14.4 Å². The van der Waals surface area contributed by atoms with Crippen molar-refractivity contribution in [3.05, 3.63) is 35.1 Å². The molecule has 2 aliphatic carbocycles. The molecule has 1 saturated heterocycles. The molecule has 1 aromatic carbocycles. The first-order chi connectivity index (χ1) is 20.5. The van der Waals surface area contributed by atoms with Crippen LogP contribution in [0.3, 0.4) is 0 Å². The number of likely N-dealkylation sites (tertiary alicyclic amines) is 1. The second-order valence-electron chi connectivity index (χ2n) is 12.5. The van der Waals surface area contributed by atoms with Gasteiger partial charge in [-0.2, -0.15) is 0 Å². The Morgan fingerprint density at radius 2 is 1.70 bits per heavy atom. The largest absolute Gasteiger partial charge is 0.514 e. The Bertz CT molecular complexity index is 1460. The molecule has 14 heteroatoms. The van der Waals surface area contributed by atoms with Gasteiger partial charge >= 0.3 is 30.0 Å². The van der Waals surface area contributed by atoms with Gasteiger partial charge in [-0.3, -0.25) is 9.59 Å². The normalized spacial score (nSPS) is 27.8. The lowest BCUT2D eigenvalue weighted by Gasteiger charge is -2.61. The molecular weight excluding hydrogens is 582 g/mol. The molecule has 1 aromatic rings. The lowest BCUT2D eigenvalue weighted by atomic mass is 9.50. The van der Waals surface area contributed by atoms with Crippen LogP contribution in [0.5, 0.6) is 11.5 Å². The number of piperidine rings is 1. The zero-order valence-corrected chi connectivity index (χ0v) is 25.2. The van der Waals surface area contributed by atoms with Gasteiger partial charge in [0.15, 0.2) is 17.6 Å². The Hall–Kier alpha value is -4.17. The highest BCUT2D eigenvalue weighted by atomic mass is 16.7. The van der Waals surface area contributed by atoms with E-state index in [1.165, 1.54) is 6.08 Å². The summed E-state index contributed by atoms with van der Waals surface area (Å²) in [5, 5.41) is 22.0. The van der Waals surface area contributed by atoms with E-state index >= 15 is 0 Å². The highest BCUT2D eigenvalue weighted by Crippen LogP contribution is 2.65. The monoisotopic (exact) mass is 617 g/mol. The lowest BCUT2D eigenvalue weighted by molar-refractivity contribution is -0.190. The van der Waals surface area contributed by atoms with E-state index in [2.05, 4.69) is 4.90 Å². The van der Waals surface area contributed by atoms with E-state index in [1.54, 1.807) is 32.9 Å². The highest BCUT2D eigenvalue weighted by molar-refractivity contribution is 5.88. The van der Waals surface area contributed by atoms with Crippen molar-refractivity contribution < 1.29 is 62.6 Å². The van der Waals surface area contributed by atoms with E-state index in [-0.39, 0.29) is 29.7 Å². The molecule has 2 N–H and O–H groups in total. The maximum atomic E-state index is 13.4. The molecule has 6 atom stereocenters. The molecule has 1 spiro atoms. The summed E-state index contributed by atoms with van der Waals surface area (Å²) in [6.45, 7) is 7.51. The summed E-state index contributed by atoms with van der Waals surface area (Å²) in [4.78, 5) is 63.4. The summed E-state index contributed by atoms with van der Waals surface area (Å²) in [5.74, 6) is -4.94. The topological polar surface area (TPSA) is 184 Å². The van der Waals surface area contributed by atoms with Crippen molar-refractivity contribution in [3.8, 4) is 11.5 Å². The van der Waals surface area contributed by atoms with E-state index in [4.69, 9.17) is 28.4 Å². The van der Waals surface area contributed by atoms with Crippen LogP contribution in [0.4, 0.5) is 4.79 Å². The zero-order chi connectivity index (χ0) is 32.4. The molecule has 2 heterocycles. The number of benzene rings is 1. The summed E-state index contributed by atoms with van der Waals surface area (Å²) in [6, 6.07) is 3.05. The van der Waals surface area contributed by atoms with Crippen molar-refractivity contribution in [3.63, 3.8) is 0 Å². The molecule has 5 rings (SSSR count). The number of carboxylic acid groups (broad SMARTS) is 1. The fourth-order valence-electron chi connectivity index (χ4n) is 6.88. The molecule has 0 radical (unpaired) electrons. The number of carbonyl (C=O) groups is 5. The van der Waals surface area contributed by atoms with Crippen LogP contribution in [0.15, 0.2) is 24.0 Å². The lowest BCUT2D eigenvalue weighted by Crippen LogP contribution is -2.74. The van der Waals surface area contributed by atoms with Crippen molar-refractivity contribution in [1.29, 1.82) is 0 Å². The number of carboxylic acids is 1. The minimum atomic E-state index is -2.19. The van der Waals surface area contributed by atoms with Crippen molar-refractivity contribution in [2.24, 2.45) is 0 Å². The van der Waals surface area contributed by atoms with Gasteiger partial charge in [0.25, 0.3) is 0 Å². The minimum absolute atomic E-state index is 0.0328. The Balaban J connectivity index is 1.56. The number of hydrogen-bond acceptors (Lipinski definition) is 13. The summed E-state index contributed by atoms with van der Waals surface area (Å²) in [7, 11) is 1.91. The van der Waals surface area contributed by atoms with E-state index < -0.39 is 65.0 Å². The molecule has 2 aliphatic heterocycles. The van der Waals surface area contributed by atoms with Crippen LogP contribution in [0.1, 0.15) is 58.6 Å². The van der Waals surface area contributed by atoms with Gasteiger partial charge in [0.05, 0.1) is 11.0 Å². The first kappa shape index (κ1) is 31.3. The third kappa shape index (κ3) is 5.05. The van der Waals surface area contributed by atoms with Crippen molar-refractivity contribution in [2.45, 2.75) is 94.9 Å². The quantitative estimate of drug-likeness (QED) is 0.256. The highest BCUT2D eigenvalue weighted by Gasteiger charge is 2.72. The summed E-state index contributed by atoms with van der Waals surface area (Å²) >= 11 is 0. The van der Waals surface area contributed by atoms with Gasteiger partial charge in [0, 0.05) is 31.9 Å². The molecule has 0 aromatic heterocycles. The van der Waals surface area contributed by atoms with Gasteiger partial charge in [0.1, 0.15) is 11.4 Å². The van der Waals surface area contributed by atoms with E-state index in [0.717, 1.165) is 19.4 Å². The zero-order valence-electron chi connectivity index (χ0n) is 25.2. The molecule has 14 nitrogen and oxygen atoms in total. The number of aliphatic carboxylic acids is 1. The number of carbonyl (C=O) groups excluding carboxylic acids is 4. The third-order valence-corrected chi connectivity index (χ3v) is 8.48. The number of aliphatic hydroxyl groups is 1. The molecule has 238 valence electrons. The van der Waals surface area contributed by atoms with Crippen LogP contribution in [0, 0.1) is 0 Å². The predicted octanol–water partition coefficient (Wildman–Crippen LogP) is 1.77.